The lowest BCUT2D eigenvalue weighted by molar-refractivity contribution is -0.0159. The van der Waals surface area contributed by atoms with Crippen molar-refractivity contribution < 1.29 is 14.2 Å². The summed E-state index contributed by atoms with van der Waals surface area (Å²) in [5, 5.41) is 3.45. The third kappa shape index (κ3) is 3.47. The van der Waals surface area contributed by atoms with Crippen LogP contribution < -0.4 is 10.1 Å². The summed E-state index contributed by atoms with van der Waals surface area (Å²) < 4.78 is 16.3. The van der Waals surface area contributed by atoms with Crippen LogP contribution in [0.5, 0.6) is 5.75 Å². The second kappa shape index (κ2) is 6.37. The molecule has 0 amide bonds. The molecule has 0 radical (unpaired) electrons. The van der Waals surface area contributed by atoms with Crippen molar-refractivity contribution in [2.24, 2.45) is 0 Å². The van der Waals surface area contributed by atoms with E-state index in [1.165, 1.54) is 5.56 Å². The maximum Gasteiger partial charge on any atom is 0.121 e. The average molecular weight is 265 g/mol. The minimum atomic E-state index is -0.151. The quantitative estimate of drug-likeness (QED) is 0.853. The van der Waals surface area contributed by atoms with Gasteiger partial charge in [-0.1, -0.05) is 12.1 Å². The van der Waals surface area contributed by atoms with Crippen LogP contribution in [0.25, 0.3) is 0 Å². The summed E-state index contributed by atoms with van der Waals surface area (Å²) in [6.07, 6.45) is 0.956. The highest BCUT2D eigenvalue weighted by molar-refractivity contribution is 5.36. The smallest absolute Gasteiger partial charge is 0.121 e. The molecular formula is C15H23NO3. The fourth-order valence-electron chi connectivity index (χ4n) is 2.45. The Bertz CT molecular complexity index is 414. The average Bonchev–Trinajstić information content (AvgIpc) is 2.88. The number of nitrogens with one attached hydrogen (secondary N) is 1. The zero-order valence-corrected chi connectivity index (χ0v) is 12.0. The Morgan fingerprint density at radius 1 is 1.37 bits per heavy atom. The van der Waals surface area contributed by atoms with Gasteiger partial charge in [0.1, 0.15) is 11.4 Å². The van der Waals surface area contributed by atoms with Crippen LogP contribution in [0.3, 0.4) is 0 Å². The summed E-state index contributed by atoms with van der Waals surface area (Å²) >= 11 is 0. The lowest BCUT2D eigenvalue weighted by atomic mass is 10.0. The van der Waals surface area contributed by atoms with Crippen LogP contribution in [0, 0.1) is 6.92 Å². The first-order valence-electron chi connectivity index (χ1n) is 6.66. The number of hydrogen-bond acceptors (Lipinski definition) is 4. The Morgan fingerprint density at radius 3 is 2.79 bits per heavy atom. The first-order chi connectivity index (χ1) is 9.19. The van der Waals surface area contributed by atoms with E-state index in [9.17, 15) is 0 Å². The van der Waals surface area contributed by atoms with Crippen molar-refractivity contribution in [3.8, 4) is 5.75 Å². The number of ether oxygens (including phenoxy) is 3. The summed E-state index contributed by atoms with van der Waals surface area (Å²) in [5.41, 5.74) is 2.26. The molecule has 2 rings (SSSR count). The first-order valence-corrected chi connectivity index (χ1v) is 6.66. The standard InChI is InChI=1S/C15H23NO3/c1-12-8-13(4-5-14(12)17-2)9-16-10-15(18-3)6-7-19-11-15/h4-5,8,16H,6-7,9-11H2,1-3H3. The van der Waals surface area contributed by atoms with Crippen LogP contribution in [0.4, 0.5) is 0 Å². The van der Waals surface area contributed by atoms with Crippen LogP contribution in [0.15, 0.2) is 18.2 Å². The molecule has 1 N–H and O–H groups in total. The normalized spacial score (nSPS) is 22.7. The topological polar surface area (TPSA) is 39.7 Å². The predicted molar refractivity (Wildman–Crippen MR) is 74.6 cm³/mol. The van der Waals surface area contributed by atoms with Crippen LogP contribution in [-0.4, -0.2) is 39.6 Å². The molecule has 1 atom stereocenters. The van der Waals surface area contributed by atoms with Gasteiger partial charge in [-0.3, -0.25) is 0 Å². The predicted octanol–water partition coefficient (Wildman–Crippen LogP) is 1.90. The van der Waals surface area contributed by atoms with Gasteiger partial charge in [0.15, 0.2) is 0 Å². The zero-order chi connectivity index (χ0) is 13.7. The van der Waals surface area contributed by atoms with Crippen LogP contribution in [0.2, 0.25) is 0 Å². The fourth-order valence-corrected chi connectivity index (χ4v) is 2.45. The lowest BCUT2D eigenvalue weighted by Gasteiger charge is -2.26. The Morgan fingerprint density at radius 2 is 2.21 bits per heavy atom. The first kappa shape index (κ1) is 14.3. The third-order valence-corrected chi connectivity index (χ3v) is 3.74. The maximum absolute atomic E-state index is 5.59. The molecule has 1 aliphatic rings. The van der Waals surface area contributed by atoms with Crippen LogP contribution in [-0.2, 0) is 16.0 Å². The van der Waals surface area contributed by atoms with E-state index in [0.717, 1.165) is 37.4 Å². The van der Waals surface area contributed by atoms with E-state index in [1.54, 1.807) is 14.2 Å². The van der Waals surface area contributed by atoms with Crippen LogP contribution >= 0.6 is 0 Å². The lowest BCUT2D eigenvalue weighted by Crippen LogP contribution is -2.42. The summed E-state index contributed by atoms with van der Waals surface area (Å²) in [4.78, 5) is 0. The van der Waals surface area contributed by atoms with Gasteiger partial charge in [-0.15, -0.1) is 0 Å². The van der Waals surface area contributed by atoms with Gasteiger partial charge in [-0.2, -0.15) is 0 Å². The van der Waals surface area contributed by atoms with E-state index in [0.29, 0.717) is 6.61 Å². The second-order valence-corrected chi connectivity index (χ2v) is 5.10. The van der Waals surface area contributed by atoms with E-state index >= 15 is 0 Å². The van der Waals surface area contributed by atoms with Gasteiger partial charge in [0.2, 0.25) is 0 Å². The summed E-state index contributed by atoms with van der Waals surface area (Å²) in [6.45, 7) is 5.17. The molecule has 1 heterocycles. The largest absolute Gasteiger partial charge is 0.496 e. The highest BCUT2D eigenvalue weighted by atomic mass is 16.5. The van der Waals surface area contributed by atoms with Gasteiger partial charge >= 0.3 is 0 Å². The summed E-state index contributed by atoms with van der Waals surface area (Å²) in [7, 11) is 3.45. The maximum atomic E-state index is 5.59. The number of rotatable bonds is 6. The molecule has 106 valence electrons. The molecule has 1 aliphatic heterocycles. The molecular weight excluding hydrogens is 242 g/mol. The molecule has 19 heavy (non-hydrogen) atoms. The van der Waals surface area contributed by atoms with Gasteiger partial charge in [0.05, 0.1) is 13.7 Å². The number of benzene rings is 1. The molecule has 1 unspecified atom stereocenters. The van der Waals surface area contributed by atoms with Gasteiger partial charge in [-0.05, 0) is 24.1 Å². The van der Waals surface area contributed by atoms with Crippen molar-refractivity contribution >= 4 is 0 Å². The van der Waals surface area contributed by atoms with Crippen molar-refractivity contribution in [2.75, 3.05) is 34.0 Å². The van der Waals surface area contributed by atoms with E-state index in [2.05, 4.69) is 24.4 Å². The van der Waals surface area contributed by atoms with Gasteiger partial charge in [-0.25, -0.2) is 0 Å². The van der Waals surface area contributed by atoms with Crippen LogP contribution in [0.1, 0.15) is 17.5 Å². The minimum absolute atomic E-state index is 0.151. The Kier molecular flexibility index (Phi) is 4.80. The second-order valence-electron chi connectivity index (χ2n) is 5.10. The van der Waals surface area contributed by atoms with E-state index < -0.39 is 0 Å². The third-order valence-electron chi connectivity index (χ3n) is 3.74. The van der Waals surface area contributed by atoms with E-state index in [1.807, 2.05) is 6.07 Å². The van der Waals surface area contributed by atoms with Crippen molar-refractivity contribution in [1.82, 2.24) is 5.32 Å². The molecule has 4 heteroatoms. The molecule has 1 saturated heterocycles. The molecule has 1 aromatic carbocycles. The molecule has 0 saturated carbocycles. The molecule has 0 bridgehead atoms. The fraction of sp³-hybridized carbons (Fsp3) is 0.600. The van der Waals surface area contributed by atoms with Crippen molar-refractivity contribution in [3.63, 3.8) is 0 Å². The van der Waals surface area contributed by atoms with Crippen molar-refractivity contribution in [2.45, 2.75) is 25.5 Å². The highest BCUT2D eigenvalue weighted by Gasteiger charge is 2.34. The molecule has 0 aromatic heterocycles. The van der Waals surface area contributed by atoms with Gasteiger partial charge in [0.25, 0.3) is 0 Å². The number of methoxy groups -OCH3 is 2. The van der Waals surface area contributed by atoms with Gasteiger partial charge in [0, 0.05) is 33.2 Å². The van der Waals surface area contributed by atoms with Crippen molar-refractivity contribution in [1.29, 1.82) is 0 Å². The molecule has 0 aliphatic carbocycles. The molecule has 1 aromatic rings. The van der Waals surface area contributed by atoms with Gasteiger partial charge < -0.3 is 19.5 Å². The van der Waals surface area contributed by atoms with E-state index in [-0.39, 0.29) is 5.60 Å². The Labute approximate surface area is 115 Å². The zero-order valence-electron chi connectivity index (χ0n) is 12.0. The Hall–Kier alpha value is -1.10. The molecule has 4 nitrogen and oxygen atoms in total. The van der Waals surface area contributed by atoms with E-state index in [4.69, 9.17) is 14.2 Å². The molecule has 1 fully saturated rings. The summed E-state index contributed by atoms with van der Waals surface area (Å²) in [6, 6.07) is 6.25. The molecule has 0 spiro atoms. The van der Waals surface area contributed by atoms with Crippen molar-refractivity contribution in [3.05, 3.63) is 29.3 Å². The minimum Gasteiger partial charge on any atom is -0.496 e. The highest BCUT2D eigenvalue weighted by Crippen LogP contribution is 2.22. The number of aryl methyl sites for hydroxylation is 1. The summed E-state index contributed by atoms with van der Waals surface area (Å²) in [5.74, 6) is 0.932. The Balaban J connectivity index is 1.87. The number of hydrogen-bond donors (Lipinski definition) is 1. The monoisotopic (exact) mass is 265 g/mol. The SMILES string of the molecule is COc1ccc(CNCC2(OC)CCOC2)cc1C.